The van der Waals surface area contributed by atoms with Crippen molar-refractivity contribution < 1.29 is 0 Å². The molecule has 0 aromatic carbocycles. The zero-order chi connectivity index (χ0) is 13.9. The van der Waals surface area contributed by atoms with Gasteiger partial charge in [-0.15, -0.1) is 11.3 Å². The Hall–Kier alpha value is -0.300. The van der Waals surface area contributed by atoms with E-state index in [1.54, 1.807) is 20.9 Å². The predicted molar refractivity (Wildman–Crippen MR) is 85.6 cm³/mol. The predicted octanol–water partition coefficient (Wildman–Crippen LogP) is 6.17. The quantitative estimate of drug-likeness (QED) is 0.575. The van der Waals surface area contributed by atoms with Gasteiger partial charge in [0.25, 0.3) is 0 Å². The zero-order valence-electron chi connectivity index (χ0n) is 13.3. The molecular weight excluding hydrogens is 248 g/mol. The Kier molecular flexibility index (Phi) is 3.13. The first-order chi connectivity index (χ1) is 8.82. The molecule has 0 bridgehead atoms. The molecule has 1 fully saturated rings. The Bertz CT molecular complexity index is 487. The molecule has 0 saturated heterocycles. The lowest BCUT2D eigenvalue weighted by Crippen LogP contribution is -2.13. The molecule has 1 aromatic heterocycles. The fraction of sp³-hybridized carbons (Fsp3) is 0.778. The molecule has 1 saturated carbocycles. The molecule has 0 spiro atoms. The average molecular weight is 276 g/mol. The minimum Gasteiger partial charge on any atom is -0.144 e. The first-order valence-electron chi connectivity index (χ1n) is 7.99. The highest BCUT2D eigenvalue weighted by atomic mass is 32.1. The topological polar surface area (TPSA) is 0 Å². The Morgan fingerprint density at radius 1 is 1.11 bits per heavy atom. The van der Waals surface area contributed by atoms with Gasteiger partial charge in [0.1, 0.15) is 0 Å². The van der Waals surface area contributed by atoms with Crippen molar-refractivity contribution in [2.45, 2.75) is 84.0 Å². The van der Waals surface area contributed by atoms with E-state index in [1.165, 1.54) is 19.3 Å². The van der Waals surface area contributed by atoms with Crippen molar-refractivity contribution in [1.82, 2.24) is 0 Å². The van der Waals surface area contributed by atoms with Crippen molar-refractivity contribution in [2.24, 2.45) is 5.92 Å². The normalized spacial score (nSPS) is 29.9. The third-order valence-corrected chi connectivity index (χ3v) is 7.20. The van der Waals surface area contributed by atoms with Crippen LogP contribution in [0.5, 0.6) is 0 Å². The van der Waals surface area contributed by atoms with Crippen LogP contribution in [-0.4, -0.2) is 0 Å². The van der Waals surface area contributed by atoms with Crippen LogP contribution in [0.25, 0.3) is 0 Å². The Labute approximate surface area is 122 Å². The van der Waals surface area contributed by atoms with Crippen molar-refractivity contribution in [3.63, 3.8) is 0 Å². The Morgan fingerprint density at radius 3 is 2.37 bits per heavy atom. The highest BCUT2D eigenvalue weighted by Gasteiger charge is 2.46. The maximum Gasteiger partial charge on any atom is 0.0140 e. The number of hydrogen-bond donors (Lipinski definition) is 0. The lowest BCUT2D eigenvalue weighted by Gasteiger charge is -2.22. The zero-order valence-corrected chi connectivity index (χ0v) is 14.2. The van der Waals surface area contributed by atoms with Gasteiger partial charge >= 0.3 is 0 Å². The van der Waals surface area contributed by atoms with Crippen molar-refractivity contribution in [1.29, 1.82) is 0 Å². The van der Waals surface area contributed by atoms with Crippen LogP contribution in [0.3, 0.4) is 0 Å². The van der Waals surface area contributed by atoms with Crippen LogP contribution in [0, 0.1) is 5.92 Å². The summed E-state index contributed by atoms with van der Waals surface area (Å²) in [6.07, 6.45) is 4.36. The molecule has 3 rings (SSSR count). The first-order valence-corrected chi connectivity index (χ1v) is 8.81. The minimum atomic E-state index is 0.319. The van der Waals surface area contributed by atoms with Gasteiger partial charge in [-0.3, -0.25) is 0 Å². The number of fused-ring (bicyclic) bond motifs is 3. The first kappa shape index (κ1) is 13.7. The second-order valence-corrected chi connectivity index (χ2v) is 9.07. The third-order valence-electron chi connectivity index (χ3n) is 5.26. The number of rotatable bonds is 1. The highest BCUT2D eigenvalue weighted by Crippen LogP contribution is 2.60. The minimum absolute atomic E-state index is 0.319. The SMILES string of the molecule is CC(C)c1sc(C(C)(C)C)c2c1C(C)C1CCCC21. The van der Waals surface area contributed by atoms with Crippen molar-refractivity contribution >= 4 is 11.3 Å². The summed E-state index contributed by atoms with van der Waals surface area (Å²) in [6, 6.07) is 0. The summed E-state index contributed by atoms with van der Waals surface area (Å²) in [5, 5.41) is 0. The lowest BCUT2D eigenvalue weighted by molar-refractivity contribution is 0.452. The summed E-state index contributed by atoms with van der Waals surface area (Å²) >= 11 is 2.13. The molecule has 1 heterocycles. The van der Waals surface area contributed by atoms with E-state index in [0.717, 1.165) is 17.8 Å². The van der Waals surface area contributed by atoms with Crippen molar-refractivity contribution in [3.05, 3.63) is 20.9 Å². The fourth-order valence-corrected chi connectivity index (χ4v) is 6.00. The molecule has 0 radical (unpaired) electrons. The van der Waals surface area contributed by atoms with Gasteiger partial charge in [0.15, 0.2) is 0 Å². The molecular formula is C18H28S. The average Bonchev–Trinajstić information content (AvgIpc) is 2.93. The summed E-state index contributed by atoms with van der Waals surface area (Å²) in [6.45, 7) is 14.4. The van der Waals surface area contributed by atoms with Gasteiger partial charge in [0, 0.05) is 9.75 Å². The number of hydrogen-bond acceptors (Lipinski definition) is 1. The third kappa shape index (κ3) is 1.92. The van der Waals surface area contributed by atoms with Crippen LogP contribution in [-0.2, 0) is 5.41 Å². The van der Waals surface area contributed by atoms with E-state index < -0.39 is 0 Å². The summed E-state index contributed by atoms with van der Waals surface area (Å²) in [4.78, 5) is 3.40. The van der Waals surface area contributed by atoms with E-state index in [1.807, 2.05) is 0 Å². The lowest BCUT2D eigenvalue weighted by atomic mass is 9.86. The second-order valence-electron chi connectivity index (χ2n) is 8.02. The van der Waals surface area contributed by atoms with E-state index in [0.29, 0.717) is 11.3 Å². The standard InChI is InChI=1S/C18H28S/c1-10(2)16-14-11(3)12-8-7-9-13(12)15(14)17(19-16)18(4,5)6/h10-13H,7-9H2,1-6H3. The van der Waals surface area contributed by atoms with Gasteiger partial charge in [-0.25, -0.2) is 0 Å². The second kappa shape index (κ2) is 4.35. The molecule has 19 heavy (non-hydrogen) atoms. The fourth-order valence-electron chi connectivity index (χ4n) is 4.46. The molecule has 2 aliphatic rings. The van der Waals surface area contributed by atoms with E-state index in [2.05, 4.69) is 52.9 Å². The van der Waals surface area contributed by atoms with E-state index in [-0.39, 0.29) is 0 Å². The highest BCUT2D eigenvalue weighted by molar-refractivity contribution is 7.12. The maximum absolute atomic E-state index is 2.50. The Balaban J connectivity index is 2.21. The van der Waals surface area contributed by atoms with E-state index in [9.17, 15) is 0 Å². The molecule has 0 N–H and O–H groups in total. The molecule has 2 aliphatic carbocycles. The van der Waals surface area contributed by atoms with Gasteiger partial charge in [0.05, 0.1) is 0 Å². The van der Waals surface area contributed by atoms with Gasteiger partial charge in [-0.05, 0) is 53.1 Å². The summed E-state index contributed by atoms with van der Waals surface area (Å²) in [5.74, 6) is 3.35. The van der Waals surface area contributed by atoms with Gasteiger partial charge < -0.3 is 0 Å². The van der Waals surface area contributed by atoms with Gasteiger partial charge in [-0.2, -0.15) is 0 Å². The van der Waals surface area contributed by atoms with E-state index >= 15 is 0 Å². The van der Waals surface area contributed by atoms with Crippen LogP contribution in [0.15, 0.2) is 0 Å². The van der Waals surface area contributed by atoms with Crippen LogP contribution >= 0.6 is 11.3 Å². The van der Waals surface area contributed by atoms with Crippen LogP contribution in [0.2, 0.25) is 0 Å². The van der Waals surface area contributed by atoms with Crippen LogP contribution < -0.4 is 0 Å². The van der Waals surface area contributed by atoms with Crippen molar-refractivity contribution in [2.75, 3.05) is 0 Å². The van der Waals surface area contributed by atoms with Crippen molar-refractivity contribution in [3.8, 4) is 0 Å². The summed E-state index contributed by atoms with van der Waals surface area (Å²) in [5.41, 5.74) is 3.90. The molecule has 1 aromatic rings. The smallest absolute Gasteiger partial charge is 0.0140 e. The molecule has 3 unspecified atom stereocenters. The summed E-state index contributed by atoms with van der Waals surface area (Å²) < 4.78 is 0. The van der Waals surface area contributed by atoms with E-state index in [4.69, 9.17) is 0 Å². The molecule has 0 amide bonds. The largest absolute Gasteiger partial charge is 0.144 e. The van der Waals surface area contributed by atoms with Gasteiger partial charge in [0.2, 0.25) is 0 Å². The molecule has 1 heteroatoms. The monoisotopic (exact) mass is 276 g/mol. The molecule has 106 valence electrons. The molecule has 0 nitrogen and oxygen atoms in total. The van der Waals surface area contributed by atoms with Gasteiger partial charge in [-0.1, -0.05) is 48.0 Å². The molecule has 3 atom stereocenters. The van der Waals surface area contributed by atoms with Crippen LogP contribution in [0.1, 0.15) is 99.4 Å². The number of thiophene rings is 1. The van der Waals surface area contributed by atoms with Crippen LogP contribution in [0.4, 0.5) is 0 Å². The Morgan fingerprint density at radius 2 is 1.79 bits per heavy atom. The maximum atomic E-state index is 2.50. The molecule has 0 aliphatic heterocycles. The summed E-state index contributed by atoms with van der Waals surface area (Å²) in [7, 11) is 0.